The maximum Gasteiger partial charge on any atom is 0.250 e. The molecule has 0 bridgehead atoms. The Morgan fingerprint density at radius 1 is 1.24 bits per heavy atom. The summed E-state index contributed by atoms with van der Waals surface area (Å²) < 4.78 is 5.14. The summed E-state index contributed by atoms with van der Waals surface area (Å²) in [6.07, 6.45) is 1.53. The first-order valence-electron chi connectivity index (χ1n) is 5.93. The average Bonchev–Trinajstić information content (AvgIpc) is 2.37. The van der Waals surface area contributed by atoms with E-state index in [1.807, 2.05) is 32.0 Å². The number of rotatable bonds is 3. The standard InChI is InChI=1S/C13H18N2O2/c1-4-13(5-2)12(16)14-11-8-9(17-3)6-7-10(11)15-13/h6-8,15H,4-5H2,1-3H3,(H,14,16). The topological polar surface area (TPSA) is 50.4 Å². The number of hydrogen-bond donors (Lipinski definition) is 2. The van der Waals surface area contributed by atoms with Crippen LogP contribution in [0.2, 0.25) is 0 Å². The lowest BCUT2D eigenvalue weighted by Crippen LogP contribution is -2.51. The highest BCUT2D eigenvalue weighted by Crippen LogP contribution is 2.36. The first kappa shape index (κ1) is 11.8. The van der Waals surface area contributed by atoms with Gasteiger partial charge in [0.05, 0.1) is 18.5 Å². The van der Waals surface area contributed by atoms with E-state index in [2.05, 4.69) is 10.6 Å². The van der Waals surface area contributed by atoms with Gasteiger partial charge in [-0.15, -0.1) is 0 Å². The molecule has 1 amide bonds. The fourth-order valence-corrected chi connectivity index (χ4v) is 2.17. The summed E-state index contributed by atoms with van der Waals surface area (Å²) in [6, 6.07) is 5.66. The Labute approximate surface area is 101 Å². The Hall–Kier alpha value is -1.71. The van der Waals surface area contributed by atoms with E-state index in [4.69, 9.17) is 4.74 Å². The minimum Gasteiger partial charge on any atom is -0.497 e. The van der Waals surface area contributed by atoms with Gasteiger partial charge in [-0.1, -0.05) is 13.8 Å². The lowest BCUT2D eigenvalue weighted by Gasteiger charge is -2.37. The van der Waals surface area contributed by atoms with Crippen molar-refractivity contribution in [2.75, 3.05) is 17.7 Å². The molecule has 0 saturated heterocycles. The summed E-state index contributed by atoms with van der Waals surface area (Å²) in [5.74, 6) is 0.773. The Morgan fingerprint density at radius 2 is 1.94 bits per heavy atom. The van der Waals surface area contributed by atoms with E-state index in [-0.39, 0.29) is 5.91 Å². The Morgan fingerprint density at radius 3 is 2.53 bits per heavy atom. The first-order valence-corrected chi connectivity index (χ1v) is 5.93. The molecule has 1 heterocycles. The van der Waals surface area contributed by atoms with Gasteiger partial charge >= 0.3 is 0 Å². The highest BCUT2D eigenvalue weighted by molar-refractivity contribution is 6.06. The predicted octanol–water partition coefficient (Wildman–Crippen LogP) is 2.62. The van der Waals surface area contributed by atoms with Crippen molar-refractivity contribution in [2.24, 2.45) is 0 Å². The number of carbonyl (C=O) groups excluding carboxylic acids is 1. The van der Waals surface area contributed by atoms with Gasteiger partial charge in [-0.2, -0.15) is 0 Å². The molecule has 0 unspecified atom stereocenters. The first-order chi connectivity index (χ1) is 8.15. The van der Waals surface area contributed by atoms with Gasteiger partial charge in [0.15, 0.2) is 0 Å². The van der Waals surface area contributed by atoms with Crippen LogP contribution in [0.4, 0.5) is 11.4 Å². The number of methoxy groups -OCH3 is 1. The smallest absolute Gasteiger partial charge is 0.250 e. The van der Waals surface area contributed by atoms with Gasteiger partial charge in [-0.05, 0) is 25.0 Å². The van der Waals surface area contributed by atoms with Crippen molar-refractivity contribution < 1.29 is 9.53 Å². The molecule has 0 radical (unpaired) electrons. The Balaban J connectivity index is 2.39. The second-order valence-electron chi connectivity index (χ2n) is 4.28. The average molecular weight is 234 g/mol. The van der Waals surface area contributed by atoms with E-state index < -0.39 is 5.54 Å². The molecule has 4 nitrogen and oxygen atoms in total. The summed E-state index contributed by atoms with van der Waals surface area (Å²) in [4.78, 5) is 12.1. The maximum absolute atomic E-state index is 12.1. The minimum atomic E-state index is -0.485. The molecule has 1 aromatic carbocycles. The molecule has 1 aliphatic heterocycles. The van der Waals surface area contributed by atoms with E-state index in [9.17, 15) is 4.79 Å². The molecule has 4 heteroatoms. The van der Waals surface area contributed by atoms with Crippen molar-refractivity contribution in [3.63, 3.8) is 0 Å². The lowest BCUT2D eigenvalue weighted by atomic mass is 9.89. The summed E-state index contributed by atoms with van der Waals surface area (Å²) in [5, 5.41) is 6.29. The van der Waals surface area contributed by atoms with Crippen LogP contribution in [-0.2, 0) is 4.79 Å². The molecule has 1 aromatic rings. The fraction of sp³-hybridized carbons (Fsp3) is 0.462. The zero-order valence-corrected chi connectivity index (χ0v) is 10.5. The molecular weight excluding hydrogens is 216 g/mol. The van der Waals surface area contributed by atoms with Crippen LogP contribution in [-0.4, -0.2) is 18.6 Å². The molecular formula is C13H18N2O2. The lowest BCUT2D eigenvalue weighted by molar-refractivity contribution is -0.120. The number of ether oxygens (including phenoxy) is 1. The van der Waals surface area contributed by atoms with Crippen LogP contribution in [0.3, 0.4) is 0 Å². The molecule has 2 rings (SSSR count). The number of amides is 1. The number of carbonyl (C=O) groups is 1. The molecule has 0 saturated carbocycles. The quantitative estimate of drug-likeness (QED) is 0.845. The number of hydrogen-bond acceptors (Lipinski definition) is 3. The van der Waals surface area contributed by atoms with Crippen molar-refractivity contribution in [2.45, 2.75) is 32.2 Å². The third-order valence-electron chi connectivity index (χ3n) is 3.49. The van der Waals surface area contributed by atoms with Crippen LogP contribution in [0.1, 0.15) is 26.7 Å². The zero-order valence-electron chi connectivity index (χ0n) is 10.5. The number of fused-ring (bicyclic) bond motifs is 1. The molecule has 92 valence electrons. The van der Waals surface area contributed by atoms with Gasteiger partial charge in [0, 0.05) is 6.07 Å². The van der Waals surface area contributed by atoms with Gasteiger partial charge in [-0.25, -0.2) is 0 Å². The van der Waals surface area contributed by atoms with Crippen molar-refractivity contribution in [3.05, 3.63) is 18.2 Å². The number of benzene rings is 1. The molecule has 0 spiro atoms. The SMILES string of the molecule is CCC1(CC)Nc2ccc(OC)cc2NC1=O. The largest absolute Gasteiger partial charge is 0.497 e. The highest BCUT2D eigenvalue weighted by Gasteiger charge is 2.38. The van der Waals surface area contributed by atoms with Crippen LogP contribution in [0.5, 0.6) is 5.75 Å². The molecule has 0 aliphatic carbocycles. The minimum absolute atomic E-state index is 0.0308. The van der Waals surface area contributed by atoms with Crippen molar-refractivity contribution in [1.29, 1.82) is 0 Å². The number of anilines is 2. The van der Waals surface area contributed by atoms with E-state index in [1.165, 1.54) is 0 Å². The van der Waals surface area contributed by atoms with E-state index in [1.54, 1.807) is 7.11 Å². The maximum atomic E-state index is 12.1. The normalized spacial score (nSPS) is 16.8. The Bertz CT molecular complexity index is 439. The van der Waals surface area contributed by atoms with Gasteiger partial charge in [0.1, 0.15) is 11.3 Å². The zero-order chi connectivity index (χ0) is 12.5. The predicted molar refractivity (Wildman–Crippen MR) is 68.6 cm³/mol. The van der Waals surface area contributed by atoms with E-state index in [0.29, 0.717) is 0 Å². The summed E-state index contributed by atoms with van der Waals surface area (Å²) in [7, 11) is 1.61. The highest BCUT2D eigenvalue weighted by atomic mass is 16.5. The van der Waals surface area contributed by atoms with Crippen LogP contribution in [0.25, 0.3) is 0 Å². The third kappa shape index (κ3) is 1.84. The van der Waals surface area contributed by atoms with Crippen molar-refractivity contribution in [3.8, 4) is 5.75 Å². The molecule has 2 N–H and O–H groups in total. The van der Waals surface area contributed by atoms with Gasteiger partial charge in [-0.3, -0.25) is 4.79 Å². The van der Waals surface area contributed by atoms with E-state index >= 15 is 0 Å². The second-order valence-corrected chi connectivity index (χ2v) is 4.28. The van der Waals surface area contributed by atoms with Crippen LogP contribution < -0.4 is 15.4 Å². The third-order valence-corrected chi connectivity index (χ3v) is 3.49. The van der Waals surface area contributed by atoms with Crippen molar-refractivity contribution >= 4 is 17.3 Å². The van der Waals surface area contributed by atoms with Gasteiger partial charge in [0.2, 0.25) is 5.91 Å². The second kappa shape index (κ2) is 4.28. The van der Waals surface area contributed by atoms with Gasteiger partial charge in [0.25, 0.3) is 0 Å². The molecule has 0 fully saturated rings. The monoisotopic (exact) mass is 234 g/mol. The molecule has 1 aliphatic rings. The fourth-order valence-electron chi connectivity index (χ4n) is 2.17. The van der Waals surface area contributed by atoms with Crippen LogP contribution >= 0.6 is 0 Å². The van der Waals surface area contributed by atoms with Crippen LogP contribution in [0.15, 0.2) is 18.2 Å². The van der Waals surface area contributed by atoms with Crippen LogP contribution in [0, 0.1) is 0 Å². The van der Waals surface area contributed by atoms with E-state index in [0.717, 1.165) is 30.0 Å². The number of nitrogens with one attached hydrogen (secondary N) is 2. The molecule has 0 aromatic heterocycles. The van der Waals surface area contributed by atoms with Gasteiger partial charge < -0.3 is 15.4 Å². The molecule has 17 heavy (non-hydrogen) atoms. The summed E-state index contributed by atoms with van der Waals surface area (Å²) in [6.45, 7) is 4.04. The Kier molecular flexibility index (Phi) is 2.96. The molecule has 0 atom stereocenters. The summed E-state index contributed by atoms with van der Waals surface area (Å²) >= 11 is 0. The summed E-state index contributed by atoms with van der Waals surface area (Å²) in [5.41, 5.74) is 1.25. The van der Waals surface area contributed by atoms with Crippen molar-refractivity contribution in [1.82, 2.24) is 0 Å².